The van der Waals surface area contributed by atoms with E-state index in [0.717, 1.165) is 0 Å². The molecule has 20 heavy (non-hydrogen) atoms. The van der Waals surface area contributed by atoms with Crippen molar-refractivity contribution in [1.82, 2.24) is 10.2 Å². The number of morpholine rings is 1. The van der Waals surface area contributed by atoms with Gasteiger partial charge in [-0.2, -0.15) is 0 Å². The molecule has 2 fully saturated rings. The summed E-state index contributed by atoms with van der Waals surface area (Å²) < 4.78 is 4.96. The highest BCUT2D eigenvalue weighted by Gasteiger charge is 2.41. The van der Waals surface area contributed by atoms with E-state index in [2.05, 4.69) is 5.32 Å². The second kappa shape index (κ2) is 6.32. The van der Waals surface area contributed by atoms with E-state index in [1.807, 2.05) is 18.7 Å². The van der Waals surface area contributed by atoms with Gasteiger partial charge in [-0.3, -0.25) is 9.59 Å². The second-order valence-electron chi connectivity index (χ2n) is 5.78. The number of rotatable bonds is 3. The van der Waals surface area contributed by atoms with Gasteiger partial charge in [-0.1, -0.05) is 0 Å². The first-order valence-corrected chi connectivity index (χ1v) is 7.84. The summed E-state index contributed by atoms with van der Waals surface area (Å²) in [5.41, 5.74) is 5.40. The van der Waals surface area contributed by atoms with Gasteiger partial charge in [-0.25, -0.2) is 0 Å². The van der Waals surface area contributed by atoms with E-state index in [1.54, 1.807) is 11.8 Å². The number of ether oxygens (including phenoxy) is 1. The van der Waals surface area contributed by atoms with Crippen LogP contribution in [0.5, 0.6) is 0 Å². The van der Waals surface area contributed by atoms with Gasteiger partial charge in [0.2, 0.25) is 11.8 Å². The normalized spacial score (nSPS) is 30.0. The average Bonchev–Trinajstić information content (AvgIpc) is 2.38. The van der Waals surface area contributed by atoms with Crippen LogP contribution in [0.3, 0.4) is 0 Å². The van der Waals surface area contributed by atoms with Crippen molar-refractivity contribution in [3.63, 3.8) is 0 Å². The first-order chi connectivity index (χ1) is 9.40. The molecular formula is C13H23N3O3S. The van der Waals surface area contributed by atoms with E-state index in [0.29, 0.717) is 39.3 Å². The lowest BCUT2D eigenvalue weighted by Gasteiger charge is -2.41. The highest BCUT2D eigenvalue weighted by molar-refractivity contribution is 8.01. The fourth-order valence-corrected chi connectivity index (χ4v) is 4.33. The zero-order chi connectivity index (χ0) is 14.8. The molecule has 7 heteroatoms. The van der Waals surface area contributed by atoms with Gasteiger partial charge in [0.05, 0.1) is 13.2 Å². The molecule has 2 aliphatic rings. The molecule has 114 valence electrons. The Labute approximate surface area is 123 Å². The molecule has 2 amide bonds. The van der Waals surface area contributed by atoms with Crippen LogP contribution in [-0.2, 0) is 14.3 Å². The van der Waals surface area contributed by atoms with Crippen LogP contribution in [0.1, 0.15) is 20.3 Å². The van der Waals surface area contributed by atoms with Crippen molar-refractivity contribution in [3.8, 4) is 0 Å². The minimum Gasteiger partial charge on any atom is -0.378 e. The number of carbonyl (C=O) groups is 2. The van der Waals surface area contributed by atoms with E-state index >= 15 is 0 Å². The molecule has 2 aliphatic heterocycles. The highest BCUT2D eigenvalue weighted by Crippen LogP contribution is 2.36. The lowest BCUT2D eigenvalue weighted by atomic mass is 10.0. The lowest BCUT2D eigenvalue weighted by Crippen LogP contribution is -2.59. The molecule has 2 saturated heterocycles. The van der Waals surface area contributed by atoms with Crippen LogP contribution in [-0.4, -0.2) is 65.6 Å². The summed E-state index contributed by atoms with van der Waals surface area (Å²) in [6.45, 7) is 7.22. The zero-order valence-electron chi connectivity index (χ0n) is 12.1. The maximum atomic E-state index is 12.2. The smallest absolute Gasteiger partial charge is 0.235 e. The Kier molecular flexibility index (Phi) is 4.93. The molecule has 0 radical (unpaired) electrons. The van der Waals surface area contributed by atoms with Gasteiger partial charge in [0.1, 0.15) is 6.04 Å². The largest absolute Gasteiger partial charge is 0.378 e. The Morgan fingerprint density at radius 3 is 2.60 bits per heavy atom. The Balaban J connectivity index is 1.88. The maximum Gasteiger partial charge on any atom is 0.235 e. The zero-order valence-corrected chi connectivity index (χ0v) is 12.9. The molecule has 2 atom stereocenters. The Bertz CT molecular complexity index is 383. The van der Waals surface area contributed by atoms with E-state index < -0.39 is 0 Å². The van der Waals surface area contributed by atoms with Crippen LogP contribution in [0.25, 0.3) is 0 Å². The van der Waals surface area contributed by atoms with E-state index in [4.69, 9.17) is 10.5 Å². The predicted octanol–water partition coefficient (Wildman–Crippen LogP) is -0.427. The lowest BCUT2D eigenvalue weighted by molar-refractivity contribution is -0.135. The van der Waals surface area contributed by atoms with Gasteiger partial charge in [-0.05, 0) is 13.8 Å². The second-order valence-corrected chi connectivity index (χ2v) is 7.74. The average molecular weight is 301 g/mol. The minimum atomic E-state index is -0.345. The molecule has 2 heterocycles. The third-order valence-corrected chi connectivity index (χ3v) is 5.28. The van der Waals surface area contributed by atoms with Gasteiger partial charge >= 0.3 is 0 Å². The monoisotopic (exact) mass is 301 g/mol. The molecule has 6 nitrogen and oxygen atoms in total. The number of hydrogen-bond acceptors (Lipinski definition) is 5. The molecular weight excluding hydrogens is 278 g/mol. The predicted molar refractivity (Wildman–Crippen MR) is 78.5 cm³/mol. The SMILES string of the molecule is CC1(C)SC(CC(=O)N2CCOCC2)CNC1C(N)=O. The molecule has 3 N–H and O–H groups in total. The number of nitrogens with one attached hydrogen (secondary N) is 1. The highest BCUT2D eigenvalue weighted by atomic mass is 32.2. The summed E-state index contributed by atoms with van der Waals surface area (Å²) >= 11 is 1.68. The summed E-state index contributed by atoms with van der Waals surface area (Å²) in [6.07, 6.45) is 0.493. The number of hydrogen-bond donors (Lipinski definition) is 2. The van der Waals surface area contributed by atoms with Gasteiger partial charge in [0.15, 0.2) is 0 Å². The van der Waals surface area contributed by atoms with Gasteiger partial charge in [-0.15, -0.1) is 11.8 Å². The number of primary amides is 1. The number of nitrogens with zero attached hydrogens (tertiary/aromatic N) is 1. The summed E-state index contributed by atoms with van der Waals surface area (Å²) in [7, 11) is 0. The van der Waals surface area contributed by atoms with Crippen molar-refractivity contribution in [1.29, 1.82) is 0 Å². The van der Waals surface area contributed by atoms with Crippen molar-refractivity contribution >= 4 is 23.6 Å². The molecule has 0 bridgehead atoms. The van der Waals surface area contributed by atoms with Crippen molar-refractivity contribution in [2.45, 2.75) is 36.3 Å². The third kappa shape index (κ3) is 3.65. The van der Waals surface area contributed by atoms with Crippen LogP contribution < -0.4 is 11.1 Å². The van der Waals surface area contributed by atoms with Gasteiger partial charge < -0.3 is 20.7 Å². The number of amides is 2. The molecule has 0 aliphatic carbocycles. The fourth-order valence-electron chi connectivity index (χ4n) is 2.73. The van der Waals surface area contributed by atoms with Gasteiger partial charge in [0, 0.05) is 36.1 Å². The Morgan fingerprint density at radius 1 is 1.40 bits per heavy atom. The van der Waals surface area contributed by atoms with E-state index in [1.165, 1.54) is 0 Å². The maximum absolute atomic E-state index is 12.2. The van der Waals surface area contributed by atoms with Crippen LogP contribution >= 0.6 is 11.8 Å². The molecule has 0 aromatic carbocycles. The van der Waals surface area contributed by atoms with Crippen molar-refractivity contribution < 1.29 is 14.3 Å². The number of carbonyl (C=O) groups excluding carboxylic acids is 2. The topological polar surface area (TPSA) is 84.7 Å². The standard InChI is InChI=1S/C13H23N3O3S/c1-13(2)11(12(14)18)15-8-9(20-13)7-10(17)16-3-5-19-6-4-16/h9,11,15H,3-8H2,1-2H3,(H2,14,18). The fraction of sp³-hybridized carbons (Fsp3) is 0.846. The number of nitrogens with two attached hydrogens (primary N) is 1. The quantitative estimate of drug-likeness (QED) is 0.739. The summed E-state index contributed by atoms with van der Waals surface area (Å²) in [4.78, 5) is 25.5. The van der Waals surface area contributed by atoms with Crippen molar-refractivity contribution in [2.75, 3.05) is 32.8 Å². The first kappa shape index (κ1) is 15.6. The van der Waals surface area contributed by atoms with Crippen LogP contribution in [0.2, 0.25) is 0 Å². The Hall–Kier alpha value is -0.790. The van der Waals surface area contributed by atoms with Gasteiger partial charge in [0.25, 0.3) is 0 Å². The Morgan fingerprint density at radius 2 is 2.05 bits per heavy atom. The molecule has 0 spiro atoms. The first-order valence-electron chi connectivity index (χ1n) is 6.96. The molecule has 2 unspecified atom stereocenters. The molecule has 0 saturated carbocycles. The molecule has 0 aromatic rings. The summed E-state index contributed by atoms with van der Waals surface area (Å²) in [6, 6.07) is -0.345. The molecule has 0 aromatic heterocycles. The molecule has 2 rings (SSSR count). The summed E-state index contributed by atoms with van der Waals surface area (Å²) in [5, 5.41) is 3.35. The number of thioether (sulfide) groups is 1. The van der Waals surface area contributed by atoms with Crippen molar-refractivity contribution in [3.05, 3.63) is 0 Å². The van der Waals surface area contributed by atoms with Crippen LogP contribution in [0, 0.1) is 0 Å². The summed E-state index contributed by atoms with van der Waals surface area (Å²) in [5.74, 6) is -0.165. The van der Waals surface area contributed by atoms with E-state index in [-0.39, 0.29) is 27.9 Å². The van der Waals surface area contributed by atoms with Crippen LogP contribution in [0.4, 0.5) is 0 Å². The van der Waals surface area contributed by atoms with Crippen LogP contribution in [0.15, 0.2) is 0 Å². The van der Waals surface area contributed by atoms with Crippen molar-refractivity contribution in [2.24, 2.45) is 5.73 Å². The third-order valence-electron chi connectivity index (χ3n) is 3.77. The van der Waals surface area contributed by atoms with E-state index in [9.17, 15) is 9.59 Å². The minimum absolute atomic E-state index is 0.168.